The Hall–Kier alpha value is -3.56. The molecule has 192 valence electrons. The number of carbonyl (C=O) groups is 2. The van der Waals surface area contributed by atoms with E-state index in [1.165, 1.54) is 12.1 Å². The number of amides is 2. The van der Waals surface area contributed by atoms with Crippen molar-refractivity contribution in [1.29, 1.82) is 0 Å². The van der Waals surface area contributed by atoms with E-state index in [1.54, 1.807) is 32.9 Å². The summed E-state index contributed by atoms with van der Waals surface area (Å²) in [6.07, 6.45) is 0.921. The van der Waals surface area contributed by atoms with Crippen LogP contribution in [0.5, 0.6) is 5.75 Å². The molecule has 2 aromatic rings. The van der Waals surface area contributed by atoms with Gasteiger partial charge in [0, 0.05) is 17.5 Å². The molecule has 10 heteroatoms. The van der Waals surface area contributed by atoms with Crippen LogP contribution in [-0.4, -0.2) is 54.2 Å². The molecule has 0 aromatic heterocycles. The van der Waals surface area contributed by atoms with E-state index in [0.29, 0.717) is 28.9 Å². The number of likely N-dealkylation sites (tertiary alicyclic amines) is 1. The van der Waals surface area contributed by atoms with Crippen LogP contribution < -0.4 is 10.1 Å². The van der Waals surface area contributed by atoms with Crippen molar-refractivity contribution < 1.29 is 36.6 Å². The highest BCUT2D eigenvalue weighted by atomic mass is 19.3. The van der Waals surface area contributed by atoms with Crippen molar-refractivity contribution in [3.63, 3.8) is 0 Å². The number of hydrogen-bond donors (Lipinski definition) is 1. The van der Waals surface area contributed by atoms with E-state index in [2.05, 4.69) is 11.9 Å². The number of nitrogens with one attached hydrogen (secondary N) is 1. The molecule has 0 aliphatic carbocycles. The minimum absolute atomic E-state index is 0.0979. The van der Waals surface area contributed by atoms with E-state index in [-0.39, 0.29) is 12.1 Å². The predicted octanol–water partition coefficient (Wildman–Crippen LogP) is 5.19. The van der Waals surface area contributed by atoms with Crippen molar-refractivity contribution in [2.45, 2.75) is 44.8 Å². The maximum atomic E-state index is 15.0. The number of fused-ring (bicyclic) bond motifs is 1. The molecule has 2 amide bonds. The molecular formula is C26H26F4N2O4. The maximum Gasteiger partial charge on any atom is 0.407 e. The molecule has 0 spiro atoms. The molecule has 6 nitrogen and oxygen atoms in total. The first-order valence-corrected chi connectivity index (χ1v) is 11.4. The van der Waals surface area contributed by atoms with Crippen LogP contribution in [0, 0.1) is 11.6 Å². The number of alkyl halides is 2. The molecule has 1 saturated heterocycles. The minimum atomic E-state index is -3.02. The highest BCUT2D eigenvalue weighted by Crippen LogP contribution is 2.39. The summed E-state index contributed by atoms with van der Waals surface area (Å²) >= 11 is 0. The van der Waals surface area contributed by atoms with E-state index in [0.717, 1.165) is 11.0 Å². The minimum Gasteiger partial charge on any atom is -0.487 e. The van der Waals surface area contributed by atoms with E-state index >= 15 is 4.39 Å². The van der Waals surface area contributed by atoms with Gasteiger partial charge in [-0.25, -0.2) is 22.4 Å². The van der Waals surface area contributed by atoms with Crippen molar-refractivity contribution in [3.8, 4) is 16.9 Å². The maximum absolute atomic E-state index is 15.0. The quantitative estimate of drug-likeness (QED) is 0.567. The van der Waals surface area contributed by atoms with Crippen molar-refractivity contribution in [2.24, 2.45) is 0 Å². The molecule has 1 unspecified atom stereocenters. The lowest BCUT2D eigenvalue weighted by Gasteiger charge is -2.38. The Balaban J connectivity index is 1.53. The van der Waals surface area contributed by atoms with E-state index in [1.807, 2.05) is 0 Å². The normalized spacial score (nSPS) is 18.1. The zero-order chi connectivity index (χ0) is 26.4. The predicted molar refractivity (Wildman–Crippen MR) is 125 cm³/mol. The third kappa shape index (κ3) is 5.17. The highest BCUT2D eigenvalue weighted by molar-refractivity contribution is 5.96. The van der Waals surface area contributed by atoms with Crippen LogP contribution in [0.3, 0.4) is 0 Å². The van der Waals surface area contributed by atoms with Gasteiger partial charge in [-0.2, -0.15) is 0 Å². The highest BCUT2D eigenvalue weighted by Gasteiger charge is 2.47. The number of hydrogen-bond acceptors (Lipinski definition) is 4. The lowest BCUT2D eigenvalue weighted by molar-refractivity contribution is -0.113. The van der Waals surface area contributed by atoms with Gasteiger partial charge in [0.05, 0.1) is 25.2 Å². The van der Waals surface area contributed by atoms with Crippen molar-refractivity contribution in [3.05, 3.63) is 59.2 Å². The van der Waals surface area contributed by atoms with Crippen LogP contribution in [0.4, 0.5) is 22.4 Å². The van der Waals surface area contributed by atoms with E-state index in [9.17, 15) is 22.8 Å². The fourth-order valence-corrected chi connectivity index (χ4v) is 4.16. The van der Waals surface area contributed by atoms with Gasteiger partial charge in [0.2, 0.25) is 0 Å². The first kappa shape index (κ1) is 25.5. The van der Waals surface area contributed by atoms with Gasteiger partial charge >= 0.3 is 6.09 Å². The molecule has 1 fully saturated rings. The van der Waals surface area contributed by atoms with Gasteiger partial charge < -0.3 is 19.7 Å². The smallest absolute Gasteiger partial charge is 0.407 e. The molecule has 2 aliphatic heterocycles. The lowest BCUT2D eigenvalue weighted by Crippen LogP contribution is -2.58. The molecule has 36 heavy (non-hydrogen) atoms. The number of halogens is 4. The molecular weight excluding hydrogens is 480 g/mol. The van der Waals surface area contributed by atoms with Crippen LogP contribution >= 0.6 is 0 Å². The molecule has 0 bridgehead atoms. The average Bonchev–Trinajstić information content (AvgIpc) is 3.18. The number of ether oxygens (including phenoxy) is 2. The fourth-order valence-electron chi connectivity index (χ4n) is 4.16. The Morgan fingerprint density at radius 1 is 1.22 bits per heavy atom. The molecule has 4 rings (SSSR count). The third-order valence-electron chi connectivity index (χ3n) is 5.77. The second-order valence-electron chi connectivity index (χ2n) is 9.89. The number of benzene rings is 2. The SMILES string of the molecule is C=Cc1cc(-c2ccc(C(=O)N3CC(F)(F)C3)c(F)c2F)cc2c1OC(CNC(=O)OC(C)(C)C)C2. The lowest BCUT2D eigenvalue weighted by atomic mass is 9.95. The monoisotopic (exact) mass is 506 g/mol. The summed E-state index contributed by atoms with van der Waals surface area (Å²) in [5, 5.41) is 2.65. The standard InChI is InChI=1S/C26H26F4N2O4/c1-5-14-8-15(9-16-10-17(35-22(14)16)11-31-24(34)36-25(2,3)4)18-6-7-19(21(28)20(18)27)23(33)32-12-26(29,30)13-32/h5-9,17H,1,10-13H2,2-4H3,(H,31,34). The molecule has 0 saturated carbocycles. The summed E-state index contributed by atoms with van der Waals surface area (Å²) in [6, 6.07) is 5.56. The third-order valence-corrected chi connectivity index (χ3v) is 5.77. The topological polar surface area (TPSA) is 67.9 Å². The first-order valence-electron chi connectivity index (χ1n) is 11.4. The zero-order valence-electron chi connectivity index (χ0n) is 20.1. The second kappa shape index (κ2) is 9.15. The van der Waals surface area contributed by atoms with E-state index < -0.39 is 59.9 Å². The van der Waals surface area contributed by atoms with Gasteiger partial charge in [0.1, 0.15) is 17.5 Å². The summed E-state index contributed by atoms with van der Waals surface area (Å²) in [4.78, 5) is 25.0. The zero-order valence-corrected chi connectivity index (χ0v) is 20.1. The Bertz CT molecular complexity index is 1230. The van der Waals surface area contributed by atoms with Crippen molar-refractivity contribution >= 4 is 18.1 Å². The summed E-state index contributed by atoms with van der Waals surface area (Å²) in [5.74, 6) is -6.14. The second-order valence-corrected chi connectivity index (χ2v) is 9.89. The van der Waals surface area contributed by atoms with Crippen molar-refractivity contribution in [2.75, 3.05) is 19.6 Å². The van der Waals surface area contributed by atoms with E-state index in [4.69, 9.17) is 9.47 Å². The van der Waals surface area contributed by atoms with Gasteiger partial charge in [-0.1, -0.05) is 18.7 Å². The number of nitrogens with zero attached hydrogens (tertiary/aromatic N) is 1. The summed E-state index contributed by atoms with van der Waals surface area (Å²) in [6.45, 7) is 7.53. The first-order chi connectivity index (χ1) is 16.8. The van der Waals surface area contributed by atoms with Crippen LogP contribution in [0.1, 0.15) is 42.3 Å². The average molecular weight is 506 g/mol. The molecule has 1 N–H and O–H groups in total. The molecule has 2 aromatic carbocycles. The summed E-state index contributed by atoms with van der Waals surface area (Å²) < 4.78 is 67.2. The molecule has 0 radical (unpaired) electrons. The Labute approximate surface area is 205 Å². The molecule has 1 atom stereocenters. The van der Waals surface area contributed by atoms with Gasteiger partial charge in [-0.3, -0.25) is 4.79 Å². The van der Waals surface area contributed by atoms with Crippen LogP contribution in [0.15, 0.2) is 30.8 Å². The van der Waals surface area contributed by atoms with Gasteiger partial charge in [-0.15, -0.1) is 0 Å². The fraction of sp³-hybridized carbons (Fsp3) is 0.385. The van der Waals surface area contributed by atoms with Crippen LogP contribution in [0.25, 0.3) is 17.2 Å². The van der Waals surface area contributed by atoms with Gasteiger partial charge in [-0.05, 0) is 50.1 Å². The van der Waals surface area contributed by atoms with Gasteiger partial charge in [0.15, 0.2) is 11.6 Å². The van der Waals surface area contributed by atoms with Gasteiger partial charge in [0.25, 0.3) is 11.8 Å². The number of rotatable bonds is 5. The molecule has 2 aliphatic rings. The number of carbonyl (C=O) groups excluding carboxylic acids is 2. The molecule has 2 heterocycles. The Morgan fingerprint density at radius 3 is 2.53 bits per heavy atom. The number of alkyl carbamates (subject to hydrolysis) is 1. The summed E-state index contributed by atoms with van der Waals surface area (Å²) in [7, 11) is 0. The Kier molecular flexibility index (Phi) is 6.49. The Morgan fingerprint density at radius 2 is 1.92 bits per heavy atom. The van der Waals surface area contributed by atoms with Crippen LogP contribution in [0.2, 0.25) is 0 Å². The van der Waals surface area contributed by atoms with Crippen LogP contribution in [-0.2, 0) is 11.2 Å². The summed E-state index contributed by atoms with van der Waals surface area (Å²) in [5.41, 5.74) is 0.242. The van der Waals surface area contributed by atoms with Crippen molar-refractivity contribution in [1.82, 2.24) is 10.2 Å². The largest absolute Gasteiger partial charge is 0.487 e.